The number of esters is 1. The number of para-hydroxylation sites is 2. The van der Waals surface area contributed by atoms with Crippen molar-refractivity contribution < 1.29 is 19.1 Å². The lowest BCUT2D eigenvalue weighted by molar-refractivity contribution is -0.158. The normalized spacial score (nSPS) is 10.7. The molecule has 3 rings (SSSR count). The molecule has 0 saturated heterocycles. The predicted octanol–water partition coefficient (Wildman–Crippen LogP) is 8.00. The van der Waals surface area contributed by atoms with Gasteiger partial charge in [0.25, 0.3) is 0 Å². The van der Waals surface area contributed by atoms with Crippen molar-refractivity contribution in [2.45, 2.75) is 88.4 Å². The van der Waals surface area contributed by atoms with E-state index in [1.165, 1.54) is 0 Å². The number of thiophene rings is 1. The fraction of sp³-hybridized carbons (Fsp3) is 0.517. The van der Waals surface area contributed by atoms with E-state index in [9.17, 15) is 9.59 Å². The zero-order chi connectivity index (χ0) is 26.8. The van der Waals surface area contributed by atoms with Gasteiger partial charge in [-0.3, -0.25) is 9.59 Å². The van der Waals surface area contributed by atoms with Crippen molar-refractivity contribution in [2.24, 2.45) is 11.8 Å². The van der Waals surface area contributed by atoms with Gasteiger partial charge >= 0.3 is 5.97 Å². The number of Topliss-reactive ketones (excluding diaryl/α,β-unsaturated/α-hetero) is 1. The standard InChI is InChI=1S/C15H14N2OS.C8H16O2.C5H10O.CH4/c1-10(2)18-15-14(13-8-5-9-19-13)16-11-6-3-4-7-12(11)17-15;1-6(2)7(9)10-8(3,4)5;1-4(2)5(3)6;/h3-10H,1-2H3;6H,1-5H3;4H,1-3H3;1H4. The fourth-order valence-electron chi connectivity index (χ4n) is 2.28. The summed E-state index contributed by atoms with van der Waals surface area (Å²) in [4.78, 5) is 31.4. The largest absolute Gasteiger partial charge is 0.473 e. The molecule has 1 aromatic carbocycles. The Morgan fingerprint density at radius 3 is 1.75 bits per heavy atom. The molecule has 0 aliphatic carbocycles. The number of aromatic nitrogens is 2. The van der Waals surface area contributed by atoms with Gasteiger partial charge in [-0.25, -0.2) is 9.97 Å². The molecule has 36 heavy (non-hydrogen) atoms. The van der Waals surface area contributed by atoms with Crippen LogP contribution in [0.4, 0.5) is 0 Å². The second-order valence-electron chi connectivity index (χ2n) is 9.96. The number of rotatable bonds is 5. The molecule has 3 aromatic rings. The molecule has 0 saturated carbocycles. The number of carbonyl (C=O) groups excluding carboxylic acids is 2. The third-order valence-electron chi connectivity index (χ3n) is 4.33. The molecule has 0 bridgehead atoms. The van der Waals surface area contributed by atoms with Gasteiger partial charge in [0.15, 0.2) is 0 Å². The first kappa shape index (κ1) is 33.2. The molecule has 0 spiro atoms. The van der Waals surface area contributed by atoms with Crippen LogP contribution in [0.25, 0.3) is 21.6 Å². The van der Waals surface area contributed by atoms with Gasteiger partial charge in [-0.05, 0) is 65.1 Å². The average Bonchev–Trinajstić information content (AvgIpc) is 3.27. The van der Waals surface area contributed by atoms with Crippen LogP contribution in [0.15, 0.2) is 41.8 Å². The van der Waals surface area contributed by atoms with E-state index in [1.807, 2.05) is 104 Å². The van der Waals surface area contributed by atoms with Gasteiger partial charge in [0.05, 0.1) is 27.9 Å². The summed E-state index contributed by atoms with van der Waals surface area (Å²) in [7, 11) is 0. The maximum atomic E-state index is 10.9. The Hall–Kier alpha value is -2.80. The van der Waals surface area contributed by atoms with Crippen molar-refractivity contribution in [3.8, 4) is 16.5 Å². The maximum absolute atomic E-state index is 10.9. The highest BCUT2D eigenvalue weighted by Gasteiger charge is 2.18. The van der Waals surface area contributed by atoms with Crippen LogP contribution in [0.5, 0.6) is 5.88 Å². The molecular formula is C29H44N2O4S. The molecule has 200 valence electrons. The molecule has 0 atom stereocenters. The number of fused-ring (bicyclic) bond motifs is 1. The molecule has 0 fully saturated rings. The average molecular weight is 517 g/mol. The molecule has 0 aliphatic heterocycles. The Morgan fingerprint density at radius 2 is 1.39 bits per heavy atom. The Morgan fingerprint density at radius 1 is 0.861 bits per heavy atom. The summed E-state index contributed by atoms with van der Waals surface area (Å²) < 4.78 is 10.9. The van der Waals surface area contributed by atoms with Gasteiger partial charge in [-0.1, -0.05) is 53.3 Å². The first-order valence-electron chi connectivity index (χ1n) is 11.9. The van der Waals surface area contributed by atoms with Crippen molar-refractivity contribution >= 4 is 34.1 Å². The van der Waals surface area contributed by atoms with Crippen LogP contribution in [0.3, 0.4) is 0 Å². The summed E-state index contributed by atoms with van der Waals surface area (Å²) in [6, 6.07) is 11.9. The van der Waals surface area contributed by atoms with E-state index in [2.05, 4.69) is 4.98 Å². The first-order valence-corrected chi connectivity index (χ1v) is 12.8. The summed E-state index contributed by atoms with van der Waals surface area (Å²) in [5, 5.41) is 2.03. The van der Waals surface area contributed by atoms with Crippen LogP contribution in [0.1, 0.15) is 76.7 Å². The van der Waals surface area contributed by atoms with Gasteiger partial charge < -0.3 is 9.47 Å². The zero-order valence-electron chi connectivity index (χ0n) is 22.7. The SMILES string of the molecule is C.CC(=O)C(C)C.CC(C)C(=O)OC(C)(C)C.CC(C)Oc1nc2ccccc2nc1-c1cccs1. The van der Waals surface area contributed by atoms with Crippen molar-refractivity contribution in [1.29, 1.82) is 0 Å². The number of benzene rings is 1. The van der Waals surface area contributed by atoms with E-state index in [0.29, 0.717) is 5.88 Å². The highest BCUT2D eigenvalue weighted by molar-refractivity contribution is 7.13. The van der Waals surface area contributed by atoms with Crippen LogP contribution in [-0.4, -0.2) is 33.4 Å². The molecule has 2 heterocycles. The number of carbonyl (C=O) groups is 2. The Bertz CT molecular complexity index is 1070. The molecule has 6 nitrogen and oxygen atoms in total. The summed E-state index contributed by atoms with van der Waals surface area (Å²) in [5.74, 6) is 0.919. The van der Waals surface area contributed by atoms with Crippen molar-refractivity contribution in [1.82, 2.24) is 9.97 Å². The van der Waals surface area contributed by atoms with Crippen LogP contribution in [-0.2, 0) is 14.3 Å². The van der Waals surface area contributed by atoms with E-state index >= 15 is 0 Å². The maximum Gasteiger partial charge on any atom is 0.308 e. The number of ketones is 1. The Labute approximate surface area is 221 Å². The van der Waals surface area contributed by atoms with Gasteiger partial charge in [0, 0.05) is 5.92 Å². The summed E-state index contributed by atoms with van der Waals surface area (Å²) in [5.41, 5.74) is 2.23. The van der Waals surface area contributed by atoms with Gasteiger partial charge in [0.2, 0.25) is 5.88 Å². The number of ether oxygens (including phenoxy) is 2. The van der Waals surface area contributed by atoms with Gasteiger partial charge in [0.1, 0.15) is 17.1 Å². The molecular weight excluding hydrogens is 472 g/mol. The quantitative estimate of drug-likeness (QED) is 0.320. The van der Waals surface area contributed by atoms with Crippen LogP contribution < -0.4 is 4.74 Å². The fourth-order valence-corrected chi connectivity index (χ4v) is 2.99. The summed E-state index contributed by atoms with van der Waals surface area (Å²) >= 11 is 1.64. The molecule has 0 unspecified atom stereocenters. The minimum Gasteiger partial charge on any atom is -0.473 e. The Kier molecular flexibility index (Phi) is 14.1. The molecule has 0 amide bonds. The van der Waals surface area contributed by atoms with E-state index in [1.54, 1.807) is 18.3 Å². The van der Waals surface area contributed by atoms with Crippen LogP contribution in [0, 0.1) is 11.8 Å². The number of nitrogens with zero attached hydrogens (tertiary/aromatic N) is 2. The second kappa shape index (κ2) is 15.3. The van der Waals surface area contributed by atoms with Crippen molar-refractivity contribution in [2.75, 3.05) is 0 Å². The zero-order valence-corrected chi connectivity index (χ0v) is 23.5. The van der Waals surface area contributed by atoms with E-state index in [4.69, 9.17) is 14.5 Å². The van der Waals surface area contributed by atoms with Gasteiger partial charge in [-0.15, -0.1) is 11.3 Å². The number of hydrogen-bond acceptors (Lipinski definition) is 7. The number of hydrogen-bond donors (Lipinski definition) is 0. The smallest absolute Gasteiger partial charge is 0.308 e. The Balaban J connectivity index is 0.000000612. The van der Waals surface area contributed by atoms with Crippen molar-refractivity contribution in [3.63, 3.8) is 0 Å². The van der Waals surface area contributed by atoms with Crippen molar-refractivity contribution in [3.05, 3.63) is 41.8 Å². The summed E-state index contributed by atoms with van der Waals surface area (Å²) in [6.07, 6.45) is 0.0779. The highest BCUT2D eigenvalue weighted by atomic mass is 32.1. The molecule has 7 heteroatoms. The van der Waals surface area contributed by atoms with E-state index in [0.717, 1.165) is 21.6 Å². The molecule has 0 aliphatic rings. The molecule has 0 radical (unpaired) electrons. The highest BCUT2D eigenvalue weighted by Crippen LogP contribution is 2.32. The summed E-state index contributed by atoms with van der Waals surface area (Å²) in [6.45, 7) is 18.6. The molecule has 0 N–H and O–H groups in total. The third kappa shape index (κ3) is 12.2. The minimum atomic E-state index is -0.346. The first-order chi connectivity index (χ1) is 16.2. The monoisotopic (exact) mass is 516 g/mol. The van der Waals surface area contributed by atoms with Crippen LogP contribution >= 0.6 is 11.3 Å². The topological polar surface area (TPSA) is 78.4 Å². The van der Waals surface area contributed by atoms with Crippen LogP contribution in [0.2, 0.25) is 0 Å². The predicted molar refractivity (Wildman–Crippen MR) is 152 cm³/mol. The molecule has 2 aromatic heterocycles. The van der Waals surface area contributed by atoms with E-state index < -0.39 is 0 Å². The lowest BCUT2D eigenvalue weighted by Crippen LogP contribution is -2.26. The lowest BCUT2D eigenvalue weighted by Gasteiger charge is -2.20. The second-order valence-corrected chi connectivity index (χ2v) is 10.9. The van der Waals surface area contributed by atoms with E-state index in [-0.39, 0.29) is 42.7 Å². The van der Waals surface area contributed by atoms with Gasteiger partial charge in [-0.2, -0.15) is 0 Å². The lowest BCUT2D eigenvalue weighted by atomic mass is 10.1. The third-order valence-corrected chi connectivity index (χ3v) is 5.21. The minimum absolute atomic E-state index is 0.